The standard InChI is InChI=1S/C23H30FN3O5S/c1-16-5-7-19(14-22(16)33(29,30)27-9-11-32-12-10-27)25-23(28)17(2)26(3)15-18-6-8-21(31-4)20(24)13-18/h5-8,13-14,17H,9-12,15H2,1-4H3,(H,25,28). The van der Waals surface area contributed by atoms with E-state index in [1.165, 1.54) is 23.5 Å². The Morgan fingerprint density at radius 3 is 2.58 bits per heavy atom. The number of aryl methyl sites for hydroxylation is 1. The number of benzene rings is 2. The van der Waals surface area contributed by atoms with Crippen LogP contribution >= 0.6 is 0 Å². The van der Waals surface area contributed by atoms with Crippen LogP contribution < -0.4 is 10.1 Å². The Labute approximate surface area is 194 Å². The second-order valence-electron chi connectivity index (χ2n) is 8.05. The summed E-state index contributed by atoms with van der Waals surface area (Å²) in [6, 6.07) is 8.97. The molecule has 1 N–H and O–H groups in total. The predicted molar refractivity (Wildman–Crippen MR) is 123 cm³/mol. The summed E-state index contributed by atoms with van der Waals surface area (Å²) in [7, 11) is -0.530. The number of morpholine rings is 1. The first-order valence-corrected chi connectivity index (χ1v) is 12.1. The van der Waals surface area contributed by atoms with Gasteiger partial charge in [-0.3, -0.25) is 9.69 Å². The SMILES string of the molecule is COc1ccc(CN(C)C(C)C(=O)Nc2ccc(C)c(S(=O)(=O)N3CCOCC3)c2)cc1F. The third-order valence-corrected chi connectivity index (χ3v) is 7.77. The van der Waals surface area contributed by atoms with Crippen LogP contribution in [0.3, 0.4) is 0 Å². The molecule has 1 amide bonds. The molecule has 180 valence electrons. The number of likely N-dealkylation sites (N-methyl/N-ethyl adjacent to an activating group) is 1. The van der Waals surface area contributed by atoms with Crippen molar-refractivity contribution in [3.05, 3.63) is 53.3 Å². The lowest BCUT2D eigenvalue weighted by molar-refractivity contribution is -0.120. The molecule has 0 bridgehead atoms. The first-order chi connectivity index (χ1) is 15.6. The maximum absolute atomic E-state index is 14.0. The molecular weight excluding hydrogens is 449 g/mol. The Balaban J connectivity index is 1.70. The zero-order valence-electron chi connectivity index (χ0n) is 19.3. The van der Waals surface area contributed by atoms with Gasteiger partial charge in [-0.2, -0.15) is 4.31 Å². The zero-order chi connectivity index (χ0) is 24.2. The Kier molecular flexibility index (Phi) is 8.06. The number of ether oxygens (including phenoxy) is 2. The summed E-state index contributed by atoms with van der Waals surface area (Å²) in [6.07, 6.45) is 0. The maximum Gasteiger partial charge on any atom is 0.243 e. The van der Waals surface area contributed by atoms with E-state index in [-0.39, 0.29) is 16.6 Å². The second-order valence-corrected chi connectivity index (χ2v) is 9.95. The minimum atomic E-state index is -3.69. The van der Waals surface area contributed by atoms with Crippen LogP contribution in [0.25, 0.3) is 0 Å². The van der Waals surface area contributed by atoms with Crippen molar-refractivity contribution in [2.75, 3.05) is 45.8 Å². The number of hydrogen-bond donors (Lipinski definition) is 1. The van der Waals surface area contributed by atoms with Crippen LogP contribution in [-0.2, 0) is 26.1 Å². The van der Waals surface area contributed by atoms with Crippen molar-refractivity contribution in [2.45, 2.75) is 31.3 Å². The van der Waals surface area contributed by atoms with Crippen molar-refractivity contribution in [1.29, 1.82) is 0 Å². The Morgan fingerprint density at radius 2 is 1.94 bits per heavy atom. The van der Waals surface area contributed by atoms with Crippen LogP contribution in [0, 0.1) is 12.7 Å². The lowest BCUT2D eigenvalue weighted by atomic mass is 10.1. The van der Waals surface area contributed by atoms with E-state index in [1.54, 1.807) is 50.1 Å². The van der Waals surface area contributed by atoms with Gasteiger partial charge in [-0.1, -0.05) is 12.1 Å². The topological polar surface area (TPSA) is 88.2 Å². The fourth-order valence-electron chi connectivity index (χ4n) is 3.56. The third-order valence-electron chi connectivity index (χ3n) is 5.73. The molecule has 0 aromatic heterocycles. The van der Waals surface area contributed by atoms with Crippen molar-refractivity contribution in [3.8, 4) is 5.75 Å². The summed E-state index contributed by atoms with van der Waals surface area (Å²) in [4.78, 5) is 14.8. The molecule has 1 atom stereocenters. The fraction of sp³-hybridized carbons (Fsp3) is 0.435. The number of methoxy groups -OCH3 is 1. The molecule has 3 rings (SSSR count). The van der Waals surface area contributed by atoms with E-state index >= 15 is 0 Å². The van der Waals surface area contributed by atoms with Gasteiger partial charge < -0.3 is 14.8 Å². The van der Waals surface area contributed by atoms with Gasteiger partial charge in [0.15, 0.2) is 11.6 Å². The average molecular weight is 480 g/mol. The van der Waals surface area contributed by atoms with Gasteiger partial charge in [0.25, 0.3) is 0 Å². The van der Waals surface area contributed by atoms with Crippen molar-refractivity contribution in [1.82, 2.24) is 9.21 Å². The largest absolute Gasteiger partial charge is 0.494 e. The number of rotatable bonds is 8. The first-order valence-electron chi connectivity index (χ1n) is 10.7. The van der Waals surface area contributed by atoms with E-state index in [2.05, 4.69) is 5.32 Å². The van der Waals surface area contributed by atoms with Crippen LogP contribution in [0.4, 0.5) is 10.1 Å². The highest BCUT2D eigenvalue weighted by molar-refractivity contribution is 7.89. The zero-order valence-corrected chi connectivity index (χ0v) is 20.1. The molecule has 0 radical (unpaired) electrons. The molecule has 1 aliphatic heterocycles. The predicted octanol–water partition coefficient (Wildman–Crippen LogP) is 2.62. The summed E-state index contributed by atoms with van der Waals surface area (Å²) in [5.74, 6) is -0.603. The van der Waals surface area contributed by atoms with Crippen molar-refractivity contribution < 1.29 is 27.1 Å². The number of carbonyl (C=O) groups excluding carboxylic acids is 1. The monoisotopic (exact) mass is 479 g/mol. The summed E-state index contributed by atoms with van der Waals surface area (Å²) >= 11 is 0. The lowest BCUT2D eigenvalue weighted by Gasteiger charge is -2.27. The molecule has 1 heterocycles. The van der Waals surface area contributed by atoms with Gasteiger partial charge in [0.05, 0.1) is 31.3 Å². The Morgan fingerprint density at radius 1 is 1.24 bits per heavy atom. The van der Waals surface area contributed by atoms with Crippen molar-refractivity contribution in [3.63, 3.8) is 0 Å². The molecule has 1 unspecified atom stereocenters. The number of halogens is 1. The van der Waals surface area contributed by atoms with Gasteiger partial charge in [0, 0.05) is 25.3 Å². The van der Waals surface area contributed by atoms with Gasteiger partial charge in [0.1, 0.15) is 0 Å². The molecule has 0 spiro atoms. The fourth-order valence-corrected chi connectivity index (χ4v) is 5.22. The number of carbonyl (C=O) groups is 1. The Hall–Kier alpha value is -2.53. The molecule has 2 aromatic rings. The van der Waals surface area contributed by atoms with Crippen molar-refractivity contribution >= 4 is 21.6 Å². The number of hydrogen-bond acceptors (Lipinski definition) is 6. The summed E-state index contributed by atoms with van der Waals surface area (Å²) in [5, 5.41) is 2.80. The van der Waals surface area contributed by atoms with Gasteiger partial charge in [-0.25, -0.2) is 12.8 Å². The molecule has 0 saturated carbocycles. The minimum Gasteiger partial charge on any atom is -0.494 e. The van der Waals surface area contributed by atoms with Crippen molar-refractivity contribution in [2.24, 2.45) is 0 Å². The van der Waals surface area contributed by atoms with E-state index in [1.807, 2.05) is 0 Å². The normalized spacial score (nSPS) is 15.9. The molecule has 10 heteroatoms. The number of amides is 1. The molecular formula is C23H30FN3O5S. The number of nitrogens with one attached hydrogen (secondary N) is 1. The van der Waals surface area contributed by atoms with E-state index in [9.17, 15) is 17.6 Å². The van der Waals surface area contributed by atoms with Crippen LogP contribution in [0.2, 0.25) is 0 Å². The molecule has 33 heavy (non-hydrogen) atoms. The molecule has 1 saturated heterocycles. The van der Waals surface area contributed by atoms with Gasteiger partial charge >= 0.3 is 0 Å². The van der Waals surface area contributed by atoms with E-state index in [0.717, 1.165) is 0 Å². The lowest BCUT2D eigenvalue weighted by Crippen LogP contribution is -2.41. The number of nitrogens with zero attached hydrogens (tertiary/aromatic N) is 2. The highest BCUT2D eigenvalue weighted by Gasteiger charge is 2.28. The quantitative estimate of drug-likeness (QED) is 0.626. The first kappa shape index (κ1) is 25.1. The molecule has 2 aromatic carbocycles. The van der Waals surface area contributed by atoms with Crippen LogP contribution in [0.1, 0.15) is 18.1 Å². The molecule has 1 fully saturated rings. The summed E-state index contributed by atoms with van der Waals surface area (Å²) in [5.41, 5.74) is 1.70. The van der Waals surface area contributed by atoms with Crippen LogP contribution in [0.5, 0.6) is 5.75 Å². The van der Waals surface area contributed by atoms with E-state index < -0.39 is 21.9 Å². The van der Waals surface area contributed by atoms with Crippen LogP contribution in [0.15, 0.2) is 41.3 Å². The molecule has 1 aliphatic rings. The number of sulfonamides is 1. The summed E-state index contributed by atoms with van der Waals surface area (Å²) < 4.78 is 51.7. The van der Waals surface area contributed by atoms with Gasteiger partial charge in [0.2, 0.25) is 15.9 Å². The smallest absolute Gasteiger partial charge is 0.243 e. The highest BCUT2D eigenvalue weighted by Crippen LogP contribution is 2.25. The highest BCUT2D eigenvalue weighted by atomic mass is 32.2. The summed E-state index contributed by atoms with van der Waals surface area (Å²) in [6.45, 7) is 5.11. The van der Waals surface area contributed by atoms with Crippen LogP contribution in [-0.4, -0.2) is 70.0 Å². The molecule has 8 nitrogen and oxygen atoms in total. The average Bonchev–Trinajstić information content (AvgIpc) is 2.80. The van der Waals surface area contributed by atoms with E-state index in [0.29, 0.717) is 49.7 Å². The third kappa shape index (κ3) is 5.89. The Bertz CT molecular complexity index is 1100. The van der Waals surface area contributed by atoms with Gasteiger partial charge in [-0.05, 0) is 56.3 Å². The molecule has 0 aliphatic carbocycles. The minimum absolute atomic E-state index is 0.161. The number of anilines is 1. The van der Waals surface area contributed by atoms with Gasteiger partial charge in [-0.15, -0.1) is 0 Å². The maximum atomic E-state index is 14.0. The second kappa shape index (κ2) is 10.6. The van der Waals surface area contributed by atoms with E-state index in [4.69, 9.17) is 9.47 Å².